The van der Waals surface area contributed by atoms with Crippen LogP contribution < -0.4 is 0 Å². The maximum atomic E-state index is 6.57. The van der Waals surface area contributed by atoms with Crippen molar-refractivity contribution in [3.8, 4) is 0 Å². The molecule has 6 atom stereocenters. The Hall–Kier alpha value is -2.58. The Labute approximate surface area is 213 Å². The van der Waals surface area contributed by atoms with Crippen molar-refractivity contribution >= 4 is 0 Å². The molecule has 3 aromatic rings. The fraction of sp³-hybridized carbons (Fsp3) is 0.400. The van der Waals surface area contributed by atoms with E-state index in [1.807, 2.05) is 92.7 Å². The van der Waals surface area contributed by atoms with Crippen molar-refractivity contribution in [1.29, 1.82) is 0 Å². The fourth-order valence-electron chi connectivity index (χ4n) is 4.60. The Kier molecular flexibility index (Phi) is 8.43. The molecule has 0 bridgehead atoms. The van der Waals surface area contributed by atoms with E-state index in [0.29, 0.717) is 19.8 Å². The van der Waals surface area contributed by atoms with Gasteiger partial charge in [-0.25, -0.2) is 0 Å². The zero-order chi connectivity index (χ0) is 24.7. The average Bonchev–Trinajstić information content (AvgIpc) is 2.92. The molecule has 0 unspecified atom stereocenters. The van der Waals surface area contributed by atoms with Crippen LogP contribution in [0.3, 0.4) is 0 Å². The molecular formula is C30H34O6. The van der Waals surface area contributed by atoms with Gasteiger partial charge in [0.05, 0.1) is 25.9 Å². The molecule has 36 heavy (non-hydrogen) atoms. The van der Waals surface area contributed by atoms with Crippen LogP contribution in [0.5, 0.6) is 0 Å². The zero-order valence-electron chi connectivity index (χ0n) is 20.8. The van der Waals surface area contributed by atoms with Crippen LogP contribution in [-0.4, -0.2) is 43.4 Å². The van der Waals surface area contributed by atoms with Crippen LogP contribution in [0.2, 0.25) is 0 Å². The Bertz CT molecular complexity index is 1040. The van der Waals surface area contributed by atoms with E-state index in [2.05, 4.69) is 12.1 Å². The molecule has 5 rings (SSSR count). The maximum absolute atomic E-state index is 6.57. The van der Waals surface area contributed by atoms with Gasteiger partial charge < -0.3 is 28.4 Å². The molecule has 0 aliphatic carbocycles. The lowest BCUT2D eigenvalue weighted by atomic mass is 9.97. The van der Waals surface area contributed by atoms with Gasteiger partial charge in [0.2, 0.25) is 0 Å². The molecule has 0 N–H and O–H groups in total. The molecule has 2 heterocycles. The van der Waals surface area contributed by atoms with E-state index >= 15 is 0 Å². The normalized spacial score (nSPS) is 28.1. The van der Waals surface area contributed by atoms with Crippen molar-refractivity contribution in [2.75, 3.05) is 6.61 Å². The summed E-state index contributed by atoms with van der Waals surface area (Å²) < 4.78 is 38.2. The van der Waals surface area contributed by atoms with E-state index in [1.54, 1.807) is 0 Å². The minimum atomic E-state index is -0.615. The smallest absolute Gasteiger partial charge is 0.187 e. The summed E-state index contributed by atoms with van der Waals surface area (Å²) in [6.07, 6.45) is -2.82. The summed E-state index contributed by atoms with van der Waals surface area (Å²) in [6.45, 7) is 5.19. The third-order valence-electron chi connectivity index (χ3n) is 6.33. The van der Waals surface area contributed by atoms with E-state index < -0.39 is 24.8 Å². The number of rotatable bonds is 9. The third kappa shape index (κ3) is 6.21. The largest absolute Gasteiger partial charge is 0.368 e. The monoisotopic (exact) mass is 490 g/mol. The second-order valence-corrected chi connectivity index (χ2v) is 9.43. The second-order valence-electron chi connectivity index (χ2n) is 9.43. The van der Waals surface area contributed by atoms with Crippen molar-refractivity contribution in [2.24, 2.45) is 0 Å². The maximum Gasteiger partial charge on any atom is 0.187 e. The highest BCUT2D eigenvalue weighted by atomic mass is 16.8. The molecular weight excluding hydrogens is 456 g/mol. The second kappa shape index (κ2) is 12.1. The van der Waals surface area contributed by atoms with Crippen LogP contribution in [0.4, 0.5) is 0 Å². The zero-order valence-corrected chi connectivity index (χ0v) is 20.8. The quantitative estimate of drug-likeness (QED) is 0.399. The van der Waals surface area contributed by atoms with E-state index in [9.17, 15) is 0 Å². The lowest BCUT2D eigenvalue weighted by Crippen LogP contribution is -2.63. The molecule has 6 nitrogen and oxygen atoms in total. The molecule has 2 saturated heterocycles. The van der Waals surface area contributed by atoms with Crippen LogP contribution in [0.25, 0.3) is 0 Å². The van der Waals surface area contributed by atoms with Gasteiger partial charge in [-0.2, -0.15) is 0 Å². The van der Waals surface area contributed by atoms with Gasteiger partial charge in [0.15, 0.2) is 12.6 Å². The molecule has 0 aromatic heterocycles. The first-order valence-corrected chi connectivity index (χ1v) is 12.6. The van der Waals surface area contributed by atoms with Crippen molar-refractivity contribution in [1.82, 2.24) is 0 Å². The molecule has 0 spiro atoms. The summed E-state index contributed by atoms with van der Waals surface area (Å²) in [6, 6.07) is 30.2. The number of hydrogen-bond donors (Lipinski definition) is 0. The predicted octanol–water partition coefficient (Wildman–Crippen LogP) is 5.42. The molecule has 2 fully saturated rings. The molecule has 190 valence electrons. The SMILES string of the molecule is CC(C)O[C@@H]1O[C@@H]2CO[C@@H](c3ccccc3)O[C@H]2[C@H](OCc2ccccc2)[C@@H]1OCc1ccccc1. The minimum absolute atomic E-state index is 0.0494. The van der Waals surface area contributed by atoms with E-state index in [-0.39, 0.29) is 18.3 Å². The molecule has 0 amide bonds. The van der Waals surface area contributed by atoms with Crippen molar-refractivity contribution < 1.29 is 28.4 Å². The first-order chi connectivity index (χ1) is 17.7. The van der Waals surface area contributed by atoms with Crippen molar-refractivity contribution in [2.45, 2.75) is 70.2 Å². The van der Waals surface area contributed by atoms with Crippen LogP contribution in [-0.2, 0) is 41.6 Å². The highest BCUT2D eigenvalue weighted by Gasteiger charge is 2.52. The summed E-state index contributed by atoms with van der Waals surface area (Å²) in [4.78, 5) is 0. The molecule has 6 heteroatoms. The molecule has 0 radical (unpaired) electrons. The van der Waals surface area contributed by atoms with Gasteiger partial charge in [-0.1, -0.05) is 91.0 Å². The first-order valence-electron chi connectivity index (χ1n) is 12.6. The van der Waals surface area contributed by atoms with Crippen LogP contribution in [0, 0.1) is 0 Å². The molecule has 0 saturated carbocycles. The van der Waals surface area contributed by atoms with Crippen molar-refractivity contribution in [3.05, 3.63) is 108 Å². The number of ether oxygens (including phenoxy) is 6. The van der Waals surface area contributed by atoms with Gasteiger partial charge in [0.1, 0.15) is 24.4 Å². The van der Waals surface area contributed by atoms with E-state index in [1.165, 1.54) is 0 Å². The highest BCUT2D eigenvalue weighted by molar-refractivity contribution is 5.17. The minimum Gasteiger partial charge on any atom is -0.368 e. The molecule has 2 aliphatic rings. The topological polar surface area (TPSA) is 55.4 Å². The fourth-order valence-corrected chi connectivity index (χ4v) is 4.60. The Morgan fingerprint density at radius 3 is 1.86 bits per heavy atom. The van der Waals surface area contributed by atoms with Crippen molar-refractivity contribution in [3.63, 3.8) is 0 Å². The average molecular weight is 491 g/mol. The molecule has 2 aliphatic heterocycles. The first kappa shape index (κ1) is 25.1. The van der Waals surface area contributed by atoms with Crippen LogP contribution in [0.15, 0.2) is 91.0 Å². The number of hydrogen-bond acceptors (Lipinski definition) is 6. The summed E-state index contributed by atoms with van der Waals surface area (Å²) in [5.74, 6) is 0. The lowest BCUT2D eigenvalue weighted by molar-refractivity contribution is -0.376. The van der Waals surface area contributed by atoms with Gasteiger partial charge in [0, 0.05) is 5.56 Å². The Balaban J connectivity index is 1.41. The number of benzene rings is 3. The van der Waals surface area contributed by atoms with Gasteiger partial charge in [-0.3, -0.25) is 0 Å². The van der Waals surface area contributed by atoms with Gasteiger partial charge in [0.25, 0.3) is 0 Å². The van der Waals surface area contributed by atoms with Gasteiger partial charge in [-0.15, -0.1) is 0 Å². The summed E-state index contributed by atoms with van der Waals surface area (Å²) in [5, 5.41) is 0. The van der Waals surface area contributed by atoms with Crippen LogP contribution >= 0.6 is 0 Å². The summed E-state index contributed by atoms with van der Waals surface area (Å²) in [5.41, 5.74) is 3.11. The van der Waals surface area contributed by atoms with Gasteiger partial charge in [-0.05, 0) is 25.0 Å². The van der Waals surface area contributed by atoms with Gasteiger partial charge >= 0.3 is 0 Å². The number of fused-ring (bicyclic) bond motifs is 1. The van der Waals surface area contributed by atoms with Crippen LogP contribution in [0.1, 0.15) is 36.8 Å². The predicted molar refractivity (Wildman–Crippen MR) is 135 cm³/mol. The lowest BCUT2D eigenvalue weighted by Gasteiger charge is -2.49. The van der Waals surface area contributed by atoms with E-state index in [0.717, 1.165) is 16.7 Å². The third-order valence-corrected chi connectivity index (χ3v) is 6.33. The van der Waals surface area contributed by atoms with E-state index in [4.69, 9.17) is 28.4 Å². The Morgan fingerprint density at radius 1 is 0.722 bits per heavy atom. The Morgan fingerprint density at radius 2 is 1.28 bits per heavy atom. The standard InChI is InChI=1S/C30H34O6/c1-21(2)34-30-28(32-19-23-14-8-4-9-15-23)27(31-18-22-12-6-3-7-13-22)26-25(35-30)20-33-29(36-26)24-16-10-5-11-17-24/h3-17,21,25-30H,18-20H2,1-2H3/t25-,26-,27+,28+,29-,30-/m1/s1. The highest BCUT2D eigenvalue weighted by Crippen LogP contribution is 2.37. The summed E-state index contributed by atoms with van der Waals surface area (Å²) >= 11 is 0. The molecule has 3 aromatic carbocycles. The summed E-state index contributed by atoms with van der Waals surface area (Å²) in [7, 11) is 0.